The number of benzene rings is 2. The molecule has 1 aliphatic rings. The molecule has 174 valence electrons. The van der Waals surface area contributed by atoms with Crippen molar-refractivity contribution in [3.8, 4) is 11.1 Å². The van der Waals surface area contributed by atoms with Gasteiger partial charge >= 0.3 is 12.1 Å². The molecule has 3 N–H and O–H groups in total. The molecule has 1 aliphatic carbocycles. The van der Waals surface area contributed by atoms with E-state index in [1.807, 2.05) is 36.4 Å². The van der Waals surface area contributed by atoms with Crippen LogP contribution in [0.15, 0.2) is 61.2 Å². The van der Waals surface area contributed by atoms with Crippen LogP contribution in [0.1, 0.15) is 43.7 Å². The highest BCUT2D eigenvalue weighted by Crippen LogP contribution is 2.44. The maximum Gasteiger partial charge on any atom is 0.407 e. The van der Waals surface area contributed by atoms with Crippen LogP contribution in [0.3, 0.4) is 0 Å². The van der Waals surface area contributed by atoms with Crippen molar-refractivity contribution in [2.24, 2.45) is 5.92 Å². The number of carbonyl (C=O) groups is 3. The van der Waals surface area contributed by atoms with Crippen LogP contribution in [-0.2, 0) is 14.3 Å². The second-order valence-corrected chi connectivity index (χ2v) is 8.46. The highest BCUT2D eigenvalue weighted by Gasteiger charge is 2.31. The van der Waals surface area contributed by atoms with Gasteiger partial charge in [0.05, 0.1) is 0 Å². The molecule has 7 nitrogen and oxygen atoms in total. The van der Waals surface area contributed by atoms with Gasteiger partial charge in [-0.25, -0.2) is 9.59 Å². The maximum atomic E-state index is 12.7. The first-order valence-electron chi connectivity index (χ1n) is 11.1. The van der Waals surface area contributed by atoms with Crippen LogP contribution in [0, 0.1) is 5.92 Å². The van der Waals surface area contributed by atoms with Crippen molar-refractivity contribution in [1.82, 2.24) is 10.6 Å². The van der Waals surface area contributed by atoms with E-state index >= 15 is 0 Å². The number of aliphatic carboxylic acids is 1. The first-order chi connectivity index (χ1) is 15.8. The molecule has 0 saturated carbocycles. The lowest BCUT2D eigenvalue weighted by molar-refractivity contribution is -0.142. The third-order valence-corrected chi connectivity index (χ3v) is 5.84. The summed E-state index contributed by atoms with van der Waals surface area (Å²) in [5.74, 6) is -2.05. The zero-order chi connectivity index (χ0) is 24.0. The van der Waals surface area contributed by atoms with Gasteiger partial charge in [0.2, 0.25) is 5.91 Å². The highest BCUT2D eigenvalue weighted by molar-refractivity contribution is 5.89. The molecule has 7 heteroatoms. The first-order valence-corrected chi connectivity index (χ1v) is 11.1. The molecular formula is C26H30N2O5. The van der Waals surface area contributed by atoms with E-state index in [4.69, 9.17) is 4.74 Å². The SMILES string of the molecule is C=CCCC(NC(=O)C(NC(=O)OCC1c2ccccc2-c2ccccc21)C(C)C)C(=O)O. The van der Waals surface area contributed by atoms with E-state index in [2.05, 4.69) is 29.3 Å². The van der Waals surface area contributed by atoms with Gasteiger partial charge in [-0.3, -0.25) is 4.79 Å². The Labute approximate surface area is 193 Å². The number of carboxylic acids is 1. The molecule has 2 unspecified atom stereocenters. The topological polar surface area (TPSA) is 105 Å². The quantitative estimate of drug-likeness (QED) is 0.473. The van der Waals surface area contributed by atoms with Crippen LogP contribution in [0.5, 0.6) is 0 Å². The predicted molar refractivity (Wildman–Crippen MR) is 126 cm³/mol. The van der Waals surface area contributed by atoms with Crippen LogP contribution >= 0.6 is 0 Å². The number of nitrogens with one attached hydrogen (secondary N) is 2. The molecule has 3 rings (SSSR count). The number of hydrogen-bond donors (Lipinski definition) is 3. The summed E-state index contributed by atoms with van der Waals surface area (Å²) in [5, 5.41) is 14.5. The summed E-state index contributed by atoms with van der Waals surface area (Å²) < 4.78 is 5.53. The summed E-state index contributed by atoms with van der Waals surface area (Å²) in [7, 11) is 0. The van der Waals surface area contributed by atoms with Crippen molar-refractivity contribution in [3.05, 3.63) is 72.3 Å². The molecule has 0 fully saturated rings. The van der Waals surface area contributed by atoms with Crippen molar-refractivity contribution in [3.63, 3.8) is 0 Å². The average molecular weight is 451 g/mol. The third kappa shape index (κ3) is 5.61. The van der Waals surface area contributed by atoms with Gasteiger partial charge in [-0.05, 0) is 41.0 Å². The number of fused-ring (bicyclic) bond motifs is 3. The molecule has 0 spiro atoms. The molecule has 0 radical (unpaired) electrons. The molecule has 0 heterocycles. The second kappa shape index (κ2) is 10.8. The summed E-state index contributed by atoms with van der Waals surface area (Å²) in [6, 6.07) is 14.1. The number of allylic oxidation sites excluding steroid dienone is 1. The minimum atomic E-state index is -1.13. The van der Waals surface area contributed by atoms with Crippen molar-refractivity contribution in [1.29, 1.82) is 0 Å². The first kappa shape index (κ1) is 24.0. The van der Waals surface area contributed by atoms with Crippen LogP contribution in [0.2, 0.25) is 0 Å². The molecule has 0 aliphatic heterocycles. The van der Waals surface area contributed by atoms with Gasteiger partial charge in [0.25, 0.3) is 0 Å². The average Bonchev–Trinajstić information content (AvgIpc) is 3.12. The Morgan fingerprint density at radius 3 is 2.12 bits per heavy atom. The van der Waals surface area contributed by atoms with Crippen LogP contribution < -0.4 is 10.6 Å². The number of ether oxygens (including phenoxy) is 1. The van der Waals surface area contributed by atoms with Crippen molar-refractivity contribution in [2.75, 3.05) is 6.61 Å². The van der Waals surface area contributed by atoms with Gasteiger partial charge in [-0.2, -0.15) is 0 Å². The monoisotopic (exact) mass is 450 g/mol. The summed E-state index contributed by atoms with van der Waals surface area (Å²) in [6.45, 7) is 7.25. The molecular weight excluding hydrogens is 420 g/mol. The fourth-order valence-corrected chi connectivity index (χ4v) is 4.11. The molecule has 2 aromatic rings. The Bertz CT molecular complexity index is 987. The molecule has 2 amide bonds. The predicted octanol–water partition coefficient (Wildman–Crippen LogP) is 4.09. The van der Waals surface area contributed by atoms with E-state index in [0.29, 0.717) is 6.42 Å². The number of alkyl carbamates (subject to hydrolysis) is 1. The van der Waals surface area contributed by atoms with Crippen molar-refractivity contribution in [2.45, 2.75) is 44.7 Å². The number of carbonyl (C=O) groups excluding carboxylic acids is 2. The standard InChI is InChI=1S/C26H30N2O5/c1-4-5-14-22(25(30)31)27-24(29)23(16(2)3)28-26(32)33-15-21-19-12-8-6-10-17(19)18-11-7-9-13-20(18)21/h4,6-13,16,21-23H,1,5,14-15H2,2-3H3,(H,27,29)(H,28,32)(H,30,31). The van der Waals surface area contributed by atoms with Crippen molar-refractivity contribution < 1.29 is 24.2 Å². The van der Waals surface area contributed by atoms with Gasteiger partial charge in [0.15, 0.2) is 0 Å². The lowest BCUT2D eigenvalue weighted by atomic mass is 9.98. The smallest absolute Gasteiger partial charge is 0.407 e. The Hall–Kier alpha value is -3.61. The fourth-order valence-electron chi connectivity index (χ4n) is 4.11. The molecule has 0 aromatic heterocycles. The normalized spacial score (nSPS) is 14.0. The number of amides is 2. The van der Waals surface area contributed by atoms with E-state index in [0.717, 1.165) is 22.3 Å². The van der Waals surface area contributed by atoms with Crippen molar-refractivity contribution >= 4 is 18.0 Å². The minimum absolute atomic E-state index is 0.0928. The zero-order valence-corrected chi connectivity index (χ0v) is 18.9. The fraction of sp³-hybridized carbons (Fsp3) is 0.346. The maximum absolute atomic E-state index is 12.7. The number of rotatable bonds is 10. The number of carboxylic acid groups (broad SMARTS) is 1. The molecule has 0 saturated heterocycles. The van der Waals surface area contributed by atoms with E-state index in [-0.39, 0.29) is 24.9 Å². The van der Waals surface area contributed by atoms with E-state index in [1.54, 1.807) is 19.9 Å². The van der Waals surface area contributed by atoms with Gasteiger partial charge in [0.1, 0.15) is 18.7 Å². The number of hydrogen-bond acceptors (Lipinski definition) is 4. The summed E-state index contributed by atoms with van der Waals surface area (Å²) in [4.78, 5) is 36.8. The van der Waals surface area contributed by atoms with Gasteiger partial charge < -0.3 is 20.5 Å². The second-order valence-electron chi connectivity index (χ2n) is 8.46. The van der Waals surface area contributed by atoms with Crippen LogP contribution in [-0.4, -0.2) is 41.8 Å². The van der Waals surface area contributed by atoms with Crippen LogP contribution in [0.25, 0.3) is 11.1 Å². The Morgan fingerprint density at radius 1 is 1.03 bits per heavy atom. The zero-order valence-electron chi connectivity index (χ0n) is 18.9. The Kier molecular flexibility index (Phi) is 7.87. The van der Waals surface area contributed by atoms with Gasteiger partial charge in [0, 0.05) is 5.92 Å². The summed E-state index contributed by atoms with van der Waals surface area (Å²) in [6.07, 6.45) is 1.55. The van der Waals surface area contributed by atoms with Gasteiger partial charge in [-0.1, -0.05) is 68.5 Å². The van der Waals surface area contributed by atoms with E-state index in [1.165, 1.54) is 0 Å². The molecule has 2 aromatic carbocycles. The Morgan fingerprint density at radius 2 is 1.61 bits per heavy atom. The lowest BCUT2D eigenvalue weighted by Crippen LogP contribution is -2.53. The third-order valence-electron chi connectivity index (χ3n) is 5.84. The molecule has 33 heavy (non-hydrogen) atoms. The summed E-state index contributed by atoms with van der Waals surface area (Å²) in [5.41, 5.74) is 4.44. The highest BCUT2D eigenvalue weighted by atomic mass is 16.5. The van der Waals surface area contributed by atoms with Crippen LogP contribution in [0.4, 0.5) is 4.79 Å². The molecule has 2 atom stereocenters. The minimum Gasteiger partial charge on any atom is -0.480 e. The molecule has 0 bridgehead atoms. The lowest BCUT2D eigenvalue weighted by Gasteiger charge is -2.24. The van der Waals surface area contributed by atoms with E-state index < -0.39 is 30.1 Å². The summed E-state index contributed by atoms with van der Waals surface area (Å²) >= 11 is 0. The Balaban J connectivity index is 1.64. The largest absolute Gasteiger partial charge is 0.480 e. The van der Waals surface area contributed by atoms with Gasteiger partial charge in [-0.15, -0.1) is 6.58 Å². The van der Waals surface area contributed by atoms with E-state index in [9.17, 15) is 19.5 Å².